The van der Waals surface area contributed by atoms with Gasteiger partial charge in [-0.25, -0.2) is 9.97 Å². The van der Waals surface area contributed by atoms with E-state index in [0.717, 1.165) is 0 Å². The number of H-pyrrole nitrogens is 1. The number of nitrogens with zero attached hydrogens (tertiary/aromatic N) is 3. The van der Waals surface area contributed by atoms with Crippen molar-refractivity contribution in [2.24, 2.45) is 5.73 Å². The van der Waals surface area contributed by atoms with Crippen molar-refractivity contribution in [3.05, 3.63) is 34.9 Å². The van der Waals surface area contributed by atoms with E-state index < -0.39 is 0 Å². The number of hydrogen-bond donors (Lipinski definition) is 3. The van der Waals surface area contributed by atoms with Gasteiger partial charge in [0.15, 0.2) is 5.82 Å². The van der Waals surface area contributed by atoms with Gasteiger partial charge < -0.3 is 16.5 Å². The second-order valence-electron chi connectivity index (χ2n) is 2.89. The van der Waals surface area contributed by atoms with Crippen LogP contribution in [-0.2, 0) is 6.54 Å². The summed E-state index contributed by atoms with van der Waals surface area (Å²) in [5.41, 5.74) is 10.8. The van der Waals surface area contributed by atoms with Crippen LogP contribution in [0.3, 0.4) is 0 Å². The zero-order valence-electron chi connectivity index (χ0n) is 7.84. The first-order chi connectivity index (χ1) is 7.24. The van der Waals surface area contributed by atoms with Crippen molar-refractivity contribution in [3.63, 3.8) is 0 Å². The predicted octanol–water partition coefficient (Wildman–Crippen LogP) is -1.00. The monoisotopic (exact) mass is 206 g/mol. The number of rotatable bonds is 2. The molecular weight excluding hydrogens is 196 g/mol. The van der Waals surface area contributed by atoms with Gasteiger partial charge in [-0.2, -0.15) is 0 Å². The molecule has 7 heteroatoms. The molecule has 78 valence electrons. The summed E-state index contributed by atoms with van der Waals surface area (Å²) >= 11 is 0. The third-order valence-electron chi connectivity index (χ3n) is 2.00. The summed E-state index contributed by atoms with van der Waals surface area (Å²) in [5.74, 6) is 0.941. The van der Waals surface area contributed by atoms with Gasteiger partial charge in [-0.1, -0.05) is 0 Å². The Hall–Kier alpha value is -2.15. The zero-order valence-corrected chi connectivity index (χ0v) is 7.84. The van der Waals surface area contributed by atoms with Crippen molar-refractivity contribution in [3.8, 4) is 5.82 Å². The maximum Gasteiger partial charge on any atom is 0.276 e. The summed E-state index contributed by atoms with van der Waals surface area (Å²) in [7, 11) is 0. The van der Waals surface area contributed by atoms with Gasteiger partial charge in [0.1, 0.15) is 11.5 Å². The molecule has 7 nitrogen and oxygen atoms in total. The smallest absolute Gasteiger partial charge is 0.276 e. The first kappa shape index (κ1) is 9.41. The maximum absolute atomic E-state index is 11.2. The number of anilines is 1. The van der Waals surface area contributed by atoms with Gasteiger partial charge >= 0.3 is 0 Å². The molecule has 0 bridgehead atoms. The van der Waals surface area contributed by atoms with Crippen molar-refractivity contribution in [2.45, 2.75) is 6.54 Å². The van der Waals surface area contributed by atoms with Crippen LogP contribution in [0.25, 0.3) is 5.82 Å². The molecular formula is C8H10N6O. The molecule has 15 heavy (non-hydrogen) atoms. The van der Waals surface area contributed by atoms with Gasteiger partial charge in [-0.05, 0) is 0 Å². The van der Waals surface area contributed by atoms with Gasteiger partial charge in [0.2, 0.25) is 0 Å². The summed E-state index contributed by atoms with van der Waals surface area (Å²) in [6.07, 6.45) is 4.51. The quantitative estimate of drug-likeness (QED) is 0.582. The highest BCUT2D eigenvalue weighted by Crippen LogP contribution is 2.10. The minimum Gasteiger partial charge on any atom is -0.391 e. The van der Waals surface area contributed by atoms with Crippen molar-refractivity contribution < 1.29 is 0 Å². The van der Waals surface area contributed by atoms with Crippen LogP contribution in [0.5, 0.6) is 0 Å². The number of aromatic nitrogens is 4. The third kappa shape index (κ3) is 1.48. The number of nitrogens with two attached hydrogens (primary N) is 2. The van der Waals surface area contributed by atoms with E-state index in [2.05, 4.69) is 15.0 Å². The number of nitrogen functional groups attached to an aromatic ring is 1. The van der Waals surface area contributed by atoms with Crippen LogP contribution < -0.4 is 17.0 Å². The number of nitrogens with one attached hydrogen (secondary N) is 1. The Labute approximate surface area is 84.8 Å². The van der Waals surface area contributed by atoms with Crippen LogP contribution >= 0.6 is 0 Å². The average molecular weight is 206 g/mol. The van der Waals surface area contributed by atoms with E-state index in [1.54, 1.807) is 17.0 Å². The Morgan fingerprint density at radius 1 is 1.47 bits per heavy atom. The molecule has 0 unspecified atom stereocenters. The Bertz CT molecular complexity index is 528. The molecule has 2 rings (SSSR count). The molecule has 0 fully saturated rings. The lowest BCUT2D eigenvalue weighted by Crippen LogP contribution is -2.18. The lowest BCUT2D eigenvalue weighted by Gasteiger charge is -2.06. The minimum absolute atomic E-state index is 0.0465. The van der Waals surface area contributed by atoms with Crippen LogP contribution in [0, 0.1) is 0 Å². The molecule has 0 saturated heterocycles. The molecule has 0 amide bonds. The van der Waals surface area contributed by atoms with Gasteiger partial charge in [0, 0.05) is 12.4 Å². The Morgan fingerprint density at radius 3 is 3.00 bits per heavy atom. The van der Waals surface area contributed by atoms with Crippen molar-refractivity contribution in [1.29, 1.82) is 0 Å². The molecule has 0 aliphatic rings. The summed E-state index contributed by atoms with van der Waals surface area (Å²) in [6.45, 7) is 0.251. The molecule has 2 heterocycles. The van der Waals surface area contributed by atoms with Crippen molar-refractivity contribution in [2.75, 3.05) is 5.73 Å². The lowest BCUT2D eigenvalue weighted by molar-refractivity contribution is 0.843. The highest BCUT2D eigenvalue weighted by atomic mass is 16.1. The molecule has 0 aliphatic carbocycles. The zero-order chi connectivity index (χ0) is 10.8. The summed E-state index contributed by atoms with van der Waals surface area (Å²) in [5, 5.41) is 0. The SMILES string of the molecule is NCc1nccn1-c1nc[nH]c(=O)c1N. The topological polar surface area (TPSA) is 116 Å². The first-order valence-electron chi connectivity index (χ1n) is 4.30. The first-order valence-corrected chi connectivity index (χ1v) is 4.30. The molecule has 0 aliphatic heterocycles. The summed E-state index contributed by atoms with van der Waals surface area (Å²) < 4.78 is 1.59. The number of aromatic amines is 1. The number of hydrogen-bond acceptors (Lipinski definition) is 5. The largest absolute Gasteiger partial charge is 0.391 e. The number of imidazole rings is 1. The summed E-state index contributed by atoms with van der Waals surface area (Å²) in [4.78, 5) is 21.6. The van der Waals surface area contributed by atoms with E-state index in [4.69, 9.17) is 11.5 Å². The minimum atomic E-state index is -0.378. The van der Waals surface area contributed by atoms with Crippen molar-refractivity contribution in [1.82, 2.24) is 19.5 Å². The van der Waals surface area contributed by atoms with Gasteiger partial charge in [0.05, 0.1) is 12.9 Å². The van der Waals surface area contributed by atoms with Crippen LogP contribution in [0.15, 0.2) is 23.5 Å². The van der Waals surface area contributed by atoms with Gasteiger partial charge in [-0.3, -0.25) is 9.36 Å². The van der Waals surface area contributed by atoms with E-state index in [1.165, 1.54) is 6.33 Å². The van der Waals surface area contributed by atoms with Crippen LogP contribution in [-0.4, -0.2) is 19.5 Å². The fourth-order valence-electron chi connectivity index (χ4n) is 1.27. The van der Waals surface area contributed by atoms with Gasteiger partial charge in [0.25, 0.3) is 5.56 Å². The van der Waals surface area contributed by atoms with Crippen molar-refractivity contribution >= 4 is 5.69 Å². The second kappa shape index (κ2) is 3.54. The van der Waals surface area contributed by atoms with Crippen LogP contribution in [0.2, 0.25) is 0 Å². The average Bonchev–Trinajstić information content (AvgIpc) is 2.70. The molecule has 2 aromatic rings. The molecule has 0 aromatic carbocycles. The molecule has 0 atom stereocenters. The summed E-state index contributed by atoms with van der Waals surface area (Å²) in [6, 6.07) is 0. The predicted molar refractivity (Wildman–Crippen MR) is 54.3 cm³/mol. The highest BCUT2D eigenvalue weighted by molar-refractivity contribution is 5.51. The van der Waals surface area contributed by atoms with Crippen LogP contribution in [0.1, 0.15) is 5.82 Å². The Kier molecular flexibility index (Phi) is 2.22. The highest BCUT2D eigenvalue weighted by Gasteiger charge is 2.09. The normalized spacial score (nSPS) is 10.5. The Balaban J connectivity index is 2.64. The molecule has 0 spiro atoms. The van der Waals surface area contributed by atoms with E-state index in [1.807, 2.05) is 0 Å². The standard InChI is InChI=1S/C8H10N6O/c9-3-5-11-1-2-14(5)7-6(10)8(15)13-4-12-7/h1-2,4H,3,9-10H2,(H,12,13,15). The fourth-order valence-corrected chi connectivity index (χ4v) is 1.27. The van der Waals surface area contributed by atoms with E-state index in [-0.39, 0.29) is 17.8 Å². The second-order valence-corrected chi connectivity index (χ2v) is 2.89. The van der Waals surface area contributed by atoms with Crippen LogP contribution in [0.4, 0.5) is 5.69 Å². The molecule has 2 aromatic heterocycles. The maximum atomic E-state index is 11.2. The molecule has 0 saturated carbocycles. The van der Waals surface area contributed by atoms with E-state index in [0.29, 0.717) is 11.6 Å². The lowest BCUT2D eigenvalue weighted by atomic mass is 10.4. The fraction of sp³-hybridized carbons (Fsp3) is 0.125. The van der Waals surface area contributed by atoms with Gasteiger partial charge in [-0.15, -0.1) is 0 Å². The molecule has 0 radical (unpaired) electrons. The van der Waals surface area contributed by atoms with E-state index >= 15 is 0 Å². The molecule has 5 N–H and O–H groups in total. The Morgan fingerprint density at radius 2 is 2.27 bits per heavy atom. The third-order valence-corrected chi connectivity index (χ3v) is 2.00. The van der Waals surface area contributed by atoms with E-state index in [9.17, 15) is 4.79 Å².